The van der Waals surface area contributed by atoms with Crippen LogP contribution in [0.4, 0.5) is 0 Å². The van der Waals surface area contributed by atoms with Gasteiger partial charge in [0.15, 0.2) is 11.5 Å². The Morgan fingerprint density at radius 3 is 1.44 bits per heavy atom. The Labute approximate surface area is 57.8 Å². The monoisotopic (exact) mass is 138 g/mol. The van der Waals surface area contributed by atoms with Crippen molar-refractivity contribution in [2.45, 2.75) is 0 Å². The van der Waals surface area contributed by atoms with Crippen molar-refractivity contribution in [3.05, 3.63) is 24.3 Å². The number of benzene rings is 1. The Morgan fingerprint density at radius 2 is 1.22 bits per heavy atom. The Morgan fingerprint density at radius 1 is 0.889 bits per heavy atom. The molecular weight excluding hydrogens is 132 g/mol. The molecule has 2 nitrogen and oxygen atoms in total. The van der Waals surface area contributed by atoms with Gasteiger partial charge in [-0.1, -0.05) is 12.1 Å². The number of phenolic OH excluding ortho intramolecular Hbond substituents is 2. The summed E-state index contributed by atoms with van der Waals surface area (Å²) < 4.78 is 0. The van der Waals surface area contributed by atoms with Crippen LogP contribution in [0.25, 0.3) is 0 Å². The van der Waals surface area contributed by atoms with Crippen LogP contribution in [0.15, 0.2) is 24.3 Å². The predicted octanol–water partition coefficient (Wildman–Crippen LogP) is 0.717. The minimum atomic E-state index is -0.0764. The van der Waals surface area contributed by atoms with E-state index in [1.54, 1.807) is 12.1 Å². The van der Waals surface area contributed by atoms with Gasteiger partial charge in [-0.25, -0.2) is 0 Å². The molecule has 4 radical (unpaired) electrons. The second-order valence-corrected chi connectivity index (χ2v) is 1.49. The van der Waals surface area contributed by atoms with Crippen molar-refractivity contribution in [1.82, 2.24) is 0 Å². The summed E-state index contributed by atoms with van der Waals surface area (Å²) in [5, 5.41) is 17.3. The number of aromatic hydroxyl groups is 2. The summed E-state index contributed by atoms with van der Waals surface area (Å²) in [4.78, 5) is 0. The number of rotatable bonds is 0. The lowest BCUT2D eigenvalue weighted by Crippen LogP contribution is -1.63. The lowest BCUT2D eigenvalue weighted by Gasteiger charge is -1.91. The van der Waals surface area contributed by atoms with Gasteiger partial charge in [-0.05, 0) is 12.1 Å². The highest BCUT2D eigenvalue weighted by Gasteiger charge is 1.90. The van der Waals surface area contributed by atoms with E-state index in [1.807, 2.05) is 0 Å². The van der Waals surface area contributed by atoms with Crippen LogP contribution >= 0.6 is 0 Å². The molecule has 0 saturated heterocycles. The van der Waals surface area contributed by atoms with Gasteiger partial charge in [0.2, 0.25) is 0 Å². The van der Waals surface area contributed by atoms with Crippen LogP contribution in [-0.2, 0) is 0 Å². The van der Waals surface area contributed by atoms with Crippen molar-refractivity contribution in [1.29, 1.82) is 0 Å². The molecule has 0 heterocycles. The molecule has 0 spiro atoms. The summed E-state index contributed by atoms with van der Waals surface area (Å²) in [6, 6.07) is 6.15. The van der Waals surface area contributed by atoms with Crippen LogP contribution in [0.1, 0.15) is 0 Å². The van der Waals surface area contributed by atoms with Gasteiger partial charge in [-0.15, -0.1) is 0 Å². The van der Waals surface area contributed by atoms with Gasteiger partial charge in [-0.2, -0.15) is 0 Å². The van der Waals surface area contributed by atoms with Crippen molar-refractivity contribution in [2.75, 3.05) is 0 Å². The average Bonchev–Trinajstić information content (AvgIpc) is 1.77. The molecule has 1 rings (SSSR count). The average molecular weight is 138 g/mol. The van der Waals surface area contributed by atoms with Gasteiger partial charge in [-0.3, -0.25) is 0 Å². The van der Waals surface area contributed by atoms with Crippen LogP contribution in [0.5, 0.6) is 11.5 Å². The van der Waals surface area contributed by atoms with Crippen molar-refractivity contribution in [3.63, 3.8) is 0 Å². The maximum absolute atomic E-state index is 8.67. The molecule has 0 aliphatic carbocycles. The molecular formula is C6H6O2Si. The number of hydrogen-bond donors (Lipinski definition) is 2. The Kier molecular flexibility index (Phi) is 2.80. The zero-order valence-corrected chi connectivity index (χ0v) is 5.70. The first kappa shape index (κ1) is 8.04. The molecule has 0 bridgehead atoms. The molecule has 0 amide bonds. The first-order valence-electron chi connectivity index (χ1n) is 2.27. The van der Waals surface area contributed by atoms with Crippen molar-refractivity contribution in [3.8, 4) is 11.5 Å². The third-order valence-corrected chi connectivity index (χ3v) is 0.882. The van der Waals surface area contributed by atoms with Crippen LogP contribution in [0, 0.1) is 0 Å². The molecule has 0 unspecified atom stereocenters. The highest BCUT2D eigenvalue weighted by molar-refractivity contribution is 5.75. The van der Waals surface area contributed by atoms with Crippen molar-refractivity contribution in [2.24, 2.45) is 0 Å². The van der Waals surface area contributed by atoms with Crippen LogP contribution < -0.4 is 0 Å². The fourth-order valence-corrected chi connectivity index (χ4v) is 0.464. The Bertz CT molecular complexity index is 167. The largest absolute Gasteiger partial charge is 0.504 e. The summed E-state index contributed by atoms with van der Waals surface area (Å²) in [5.41, 5.74) is 0. The second kappa shape index (κ2) is 3.14. The van der Waals surface area contributed by atoms with Gasteiger partial charge >= 0.3 is 0 Å². The topological polar surface area (TPSA) is 40.5 Å². The molecule has 3 heteroatoms. The van der Waals surface area contributed by atoms with Gasteiger partial charge in [0.25, 0.3) is 0 Å². The third kappa shape index (κ3) is 1.77. The number of para-hydroxylation sites is 2. The smallest absolute Gasteiger partial charge is 0.157 e. The standard InChI is InChI=1S/C6H6O2.Si/c7-5-3-1-2-4-6(5)8;/h1-4,7-8H;. The molecule has 0 aliphatic rings. The predicted molar refractivity (Wildman–Crippen MR) is 35.5 cm³/mol. The van der Waals surface area contributed by atoms with E-state index in [1.165, 1.54) is 12.1 Å². The minimum Gasteiger partial charge on any atom is -0.504 e. The number of phenols is 2. The van der Waals surface area contributed by atoms with Crippen LogP contribution in [0.3, 0.4) is 0 Å². The maximum atomic E-state index is 8.67. The molecule has 2 N–H and O–H groups in total. The highest BCUT2D eigenvalue weighted by Crippen LogP contribution is 2.21. The van der Waals surface area contributed by atoms with E-state index in [-0.39, 0.29) is 22.5 Å². The molecule has 46 valence electrons. The zero-order valence-electron chi connectivity index (χ0n) is 4.70. The third-order valence-electron chi connectivity index (χ3n) is 0.882. The summed E-state index contributed by atoms with van der Waals surface area (Å²) in [7, 11) is 0. The quantitative estimate of drug-likeness (QED) is 0.409. The number of hydrogen-bond acceptors (Lipinski definition) is 2. The molecule has 1 aromatic rings. The summed E-state index contributed by atoms with van der Waals surface area (Å²) in [6.07, 6.45) is 0. The van der Waals surface area contributed by atoms with Crippen LogP contribution in [-0.4, -0.2) is 21.2 Å². The Balaban J connectivity index is 0.000000640. The summed E-state index contributed by atoms with van der Waals surface area (Å²) in [6.45, 7) is 0. The van der Waals surface area contributed by atoms with Gasteiger partial charge in [0.05, 0.1) is 0 Å². The maximum Gasteiger partial charge on any atom is 0.157 e. The lowest BCUT2D eigenvalue weighted by molar-refractivity contribution is 0.404. The Hall–Kier alpha value is -0.963. The first-order valence-corrected chi connectivity index (χ1v) is 2.27. The normalized spacial score (nSPS) is 8.00. The van der Waals surface area contributed by atoms with E-state index in [0.717, 1.165) is 0 Å². The molecule has 0 aromatic heterocycles. The van der Waals surface area contributed by atoms with E-state index < -0.39 is 0 Å². The summed E-state index contributed by atoms with van der Waals surface area (Å²) in [5.74, 6) is -0.153. The fraction of sp³-hybridized carbons (Fsp3) is 0. The SMILES string of the molecule is Oc1ccccc1O.[Si]. The van der Waals surface area contributed by atoms with Crippen molar-refractivity contribution < 1.29 is 10.2 Å². The molecule has 0 aliphatic heterocycles. The van der Waals surface area contributed by atoms with Gasteiger partial charge < -0.3 is 10.2 Å². The first-order chi connectivity index (χ1) is 3.80. The second-order valence-electron chi connectivity index (χ2n) is 1.49. The molecule has 9 heavy (non-hydrogen) atoms. The van der Waals surface area contributed by atoms with E-state index >= 15 is 0 Å². The van der Waals surface area contributed by atoms with Gasteiger partial charge in [0.1, 0.15) is 0 Å². The van der Waals surface area contributed by atoms with E-state index in [2.05, 4.69) is 0 Å². The molecule has 0 atom stereocenters. The summed E-state index contributed by atoms with van der Waals surface area (Å²) >= 11 is 0. The van der Waals surface area contributed by atoms with Gasteiger partial charge in [0, 0.05) is 11.0 Å². The van der Waals surface area contributed by atoms with E-state index in [9.17, 15) is 0 Å². The minimum absolute atomic E-state index is 0. The highest BCUT2D eigenvalue weighted by atomic mass is 28.1. The van der Waals surface area contributed by atoms with Crippen LogP contribution in [0.2, 0.25) is 0 Å². The zero-order chi connectivity index (χ0) is 5.98. The molecule has 0 fully saturated rings. The van der Waals surface area contributed by atoms with E-state index in [4.69, 9.17) is 10.2 Å². The van der Waals surface area contributed by atoms with Crippen molar-refractivity contribution >= 4 is 11.0 Å². The lowest BCUT2D eigenvalue weighted by atomic mass is 10.3. The molecule has 1 aromatic carbocycles. The molecule has 0 saturated carbocycles. The van der Waals surface area contributed by atoms with E-state index in [0.29, 0.717) is 0 Å². The fourth-order valence-electron chi connectivity index (χ4n) is 0.464.